The van der Waals surface area contributed by atoms with E-state index in [1.54, 1.807) is 16.6 Å². The minimum atomic E-state index is -0.230. The second-order valence-corrected chi connectivity index (χ2v) is 7.16. The summed E-state index contributed by atoms with van der Waals surface area (Å²) >= 11 is 7.70. The molecule has 0 unspecified atom stereocenters. The van der Waals surface area contributed by atoms with E-state index in [2.05, 4.69) is 20.4 Å². The number of aromatic nitrogens is 4. The second kappa shape index (κ2) is 8.24. The van der Waals surface area contributed by atoms with Crippen molar-refractivity contribution in [3.05, 3.63) is 34.1 Å². The third-order valence-corrected chi connectivity index (χ3v) is 5.15. The molecule has 3 aromatic rings. The number of nitrogens with zero attached hydrogens (tertiary/aromatic N) is 4. The molecule has 0 aliphatic heterocycles. The van der Waals surface area contributed by atoms with Crippen LogP contribution in [0.5, 0.6) is 11.5 Å². The Balaban J connectivity index is 1.87. The van der Waals surface area contributed by atoms with Crippen LogP contribution < -0.4 is 14.8 Å². The summed E-state index contributed by atoms with van der Waals surface area (Å²) < 4.78 is 12.1. The van der Waals surface area contributed by atoms with Gasteiger partial charge in [0.15, 0.2) is 11.5 Å². The molecular formula is C18H20ClN5O3S. The van der Waals surface area contributed by atoms with Gasteiger partial charge >= 0.3 is 0 Å². The number of methoxy groups -OCH3 is 2. The van der Waals surface area contributed by atoms with E-state index in [4.69, 9.17) is 21.1 Å². The fourth-order valence-corrected chi connectivity index (χ4v) is 3.37. The number of carbonyl (C=O) groups is 1. The van der Waals surface area contributed by atoms with E-state index in [1.165, 1.54) is 26.0 Å². The number of amides is 1. The molecule has 0 spiro atoms. The van der Waals surface area contributed by atoms with Crippen LogP contribution in [0.3, 0.4) is 0 Å². The molecule has 0 radical (unpaired) electrons. The Morgan fingerprint density at radius 2 is 1.89 bits per heavy atom. The Morgan fingerprint density at radius 1 is 1.21 bits per heavy atom. The van der Waals surface area contributed by atoms with E-state index in [-0.39, 0.29) is 12.3 Å². The first-order chi connectivity index (χ1) is 13.4. The Labute approximate surface area is 171 Å². The largest absolute Gasteiger partial charge is 0.493 e. The van der Waals surface area contributed by atoms with E-state index >= 15 is 0 Å². The monoisotopic (exact) mass is 421 g/mol. The molecule has 0 saturated carbocycles. The lowest BCUT2D eigenvalue weighted by Gasteiger charge is -2.14. The van der Waals surface area contributed by atoms with Crippen LogP contribution in [0.4, 0.5) is 5.69 Å². The van der Waals surface area contributed by atoms with Gasteiger partial charge in [-0.1, -0.05) is 23.4 Å². The van der Waals surface area contributed by atoms with Gasteiger partial charge in [-0.05, 0) is 20.1 Å². The number of fused-ring (bicyclic) bond motifs is 1. The highest BCUT2D eigenvalue weighted by Gasteiger charge is 2.17. The molecule has 0 atom stereocenters. The van der Waals surface area contributed by atoms with Gasteiger partial charge in [-0.2, -0.15) is 4.98 Å². The first kappa shape index (κ1) is 20.2. The van der Waals surface area contributed by atoms with Crippen LogP contribution in [0.2, 0.25) is 5.02 Å². The zero-order chi connectivity index (χ0) is 20.4. The van der Waals surface area contributed by atoms with Crippen molar-refractivity contribution in [2.75, 3.05) is 25.8 Å². The Hall–Kier alpha value is -2.52. The maximum atomic E-state index is 12.7. The lowest BCUT2D eigenvalue weighted by atomic mass is 10.1. The summed E-state index contributed by atoms with van der Waals surface area (Å²) in [4.78, 5) is 21.5. The molecule has 0 fully saturated rings. The number of ether oxygens (including phenoxy) is 2. The fraction of sp³-hybridized carbons (Fsp3) is 0.333. The summed E-state index contributed by atoms with van der Waals surface area (Å²) in [6.45, 7) is 3.75. The third-order valence-electron chi connectivity index (χ3n) is 4.30. The van der Waals surface area contributed by atoms with E-state index in [9.17, 15) is 4.79 Å². The van der Waals surface area contributed by atoms with Crippen LogP contribution >= 0.6 is 23.4 Å². The Kier molecular flexibility index (Phi) is 5.95. The molecule has 2 aromatic heterocycles. The number of hydrogen-bond acceptors (Lipinski definition) is 7. The molecule has 0 aliphatic rings. The average molecular weight is 422 g/mol. The molecule has 0 saturated heterocycles. The predicted molar refractivity (Wildman–Crippen MR) is 109 cm³/mol. The third kappa shape index (κ3) is 3.85. The molecule has 1 aromatic carbocycles. The molecule has 1 amide bonds. The van der Waals surface area contributed by atoms with Crippen LogP contribution in [0.25, 0.3) is 5.78 Å². The Morgan fingerprint density at radius 3 is 2.54 bits per heavy atom. The standard InChI is InChI=1S/C18H20ClN5O3S/c1-9-11(10(2)24-17(20-9)22-18(23-24)28-5)6-16(25)21-13-8-15(27-4)14(26-3)7-12(13)19/h7-8H,6H2,1-5H3,(H,21,25). The van der Waals surface area contributed by atoms with Crippen LogP contribution in [-0.4, -0.2) is 46.0 Å². The number of carbonyl (C=O) groups excluding carboxylic acids is 1. The molecule has 10 heteroatoms. The van der Waals surface area contributed by atoms with Crippen LogP contribution in [0.1, 0.15) is 17.0 Å². The van der Waals surface area contributed by atoms with Crippen molar-refractivity contribution in [2.45, 2.75) is 25.4 Å². The maximum Gasteiger partial charge on any atom is 0.253 e. The summed E-state index contributed by atoms with van der Waals surface area (Å²) in [5, 5.41) is 8.21. The zero-order valence-electron chi connectivity index (χ0n) is 16.2. The van der Waals surface area contributed by atoms with Gasteiger partial charge in [0.2, 0.25) is 11.1 Å². The van der Waals surface area contributed by atoms with Crippen LogP contribution in [-0.2, 0) is 11.2 Å². The van der Waals surface area contributed by atoms with Gasteiger partial charge in [0.05, 0.1) is 31.4 Å². The quantitative estimate of drug-likeness (QED) is 0.610. The topological polar surface area (TPSA) is 90.6 Å². The average Bonchev–Trinajstić information content (AvgIpc) is 3.09. The lowest BCUT2D eigenvalue weighted by molar-refractivity contribution is -0.115. The molecular weight excluding hydrogens is 402 g/mol. The van der Waals surface area contributed by atoms with Gasteiger partial charge < -0.3 is 14.8 Å². The number of halogens is 1. The smallest absolute Gasteiger partial charge is 0.253 e. The van der Waals surface area contributed by atoms with Gasteiger partial charge in [0.25, 0.3) is 5.78 Å². The van der Waals surface area contributed by atoms with E-state index in [1.807, 2.05) is 20.1 Å². The number of thioether (sulfide) groups is 1. The molecule has 1 N–H and O–H groups in total. The molecule has 3 rings (SSSR count). The second-order valence-electron chi connectivity index (χ2n) is 5.98. The zero-order valence-corrected chi connectivity index (χ0v) is 17.7. The number of hydrogen-bond donors (Lipinski definition) is 1. The summed E-state index contributed by atoms with van der Waals surface area (Å²) in [7, 11) is 3.04. The van der Waals surface area contributed by atoms with Gasteiger partial charge in [-0.25, -0.2) is 9.50 Å². The van der Waals surface area contributed by atoms with Gasteiger partial charge in [-0.3, -0.25) is 4.79 Å². The number of aryl methyl sites for hydroxylation is 2. The number of anilines is 1. The number of benzene rings is 1. The van der Waals surface area contributed by atoms with Gasteiger partial charge in [0, 0.05) is 29.1 Å². The van der Waals surface area contributed by atoms with E-state index in [0.29, 0.717) is 33.1 Å². The molecule has 148 valence electrons. The van der Waals surface area contributed by atoms with Crippen molar-refractivity contribution in [1.29, 1.82) is 0 Å². The van der Waals surface area contributed by atoms with Crippen molar-refractivity contribution in [3.8, 4) is 11.5 Å². The van der Waals surface area contributed by atoms with Crippen molar-refractivity contribution in [3.63, 3.8) is 0 Å². The minimum absolute atomic E-state index is 0.125. The highest BCUT2D eigenvalue weighted by atomic mass is 35.5. The van der Waals surface area contributed by atoms with Crippen molar-refractivity contribution in [1.82, 2.24) is 19.6 Å². The minimum Gasteiger partial charge on any atom is -0.493 e. The summed E-state index contributed by atoms with van der Waals surface area (Å²) in [6, 6.07) is 3.22. The van der Waals surface area contributed by atoms with Crippen molar-refractivity contribution in [2.24, 2.45) is 0 Å². The van der Waals surface area contributed by atoms with Gasteiger partial charge in [-0.15, -0.1) is 5.10 Å². The highest BCUT2D eigenvalue weighted by Crippen LogP contribution is 2.36. The summed E-state index contributed by atoms with van der Waals surface area (Å²) in [5.74, 6) is 1.26. The molecule has 0 aliphatic carbocycles. The summed E-state index contributed by atoms with van der Waals surface area (Å²) in [5.41, 5.74) is 2.79. The molecule has 28 heavy (non-hydrogen) atoms. The van der Waals surface area contributed by atoms with Crippen molar-refractivity contribution >= 4 is 40.7 Å². The van der Waals surface area contributed by atoms with Crippen molar-refractivity contribution < 1.29 is 14.3 Å². The van der Waals surface area contributed by atoms with Crippen LogP contribution in [0, 0.1) is 13.8 Å². The van der Waals surface area contributed by atoms with Gasteiger partial charge in [0.1, 0.15) is 0 Å². The predicted octanol–water partition coefficient (Wildman–Crippen LogP) is 3.31. The van der Waals surface area contributed by atoms with E-state index < -0.39 is 0 Å². The highest BCUT2D eigenvalue weighted by molar-refractivity contribution is 7.98. The number of rotatable bonds is 6. The van der Waals surface area contributed by atoms with Crippen LogP contribution in [0.15, 0.2) is 17.3 Å². The molecule has 2 heterocycles. The first-order valence-electron chi connectivity index (χ1n) is 8.36. The maximum absolute atomic E-state index is 12.7. The molecule has 0 bridgehead atoms. The summed E-state index contributed by atoms with van der Waals surface area (Å²) in [6.07, 6.45) is 2.03. The Bertz CT molecular complexity index is 1050. The molecule has 8 nitrogen and oxygen atoms in total. The lowest BCUT2D eigenvalue weighted by Crippen LogP contribution is -2.18. The SMILES string of the molecule is COc1cc(Cl)c(NC(=O)Cc2c(C)nc3nc(SC)nn3c2C)cc1OC. The first-order valence-corrected chi connectivity index (χ1v) is 9.96. The fourth-order valence-electron chi connectivity index (χ4n) is 2.84. The normalized spacial score (nSPS) is 10.9. The number of nitrogens with one attached hydrogen (secondary N) is 1. The van der Waals surface area contributed by atoms with E-state index in [0.717, 1.165) is 17.0 Å².